The Bertz CT molecular complexity index is 797. The van der Waals surface area contributed by atoms with Crippen LogP contribution in [-0.4, -0.2) is 51.7 Å². The van der Waals surface area contributed by atoms with Gasteiger partial charge < -0.3 is 20.0 Å². The molecular weight excluding hydrogens is 348 g/mol. The van der Waals surface area contributed by atoms with Crippen molar-refractivity contribution >= 4 is 23.0 Å². The number of nitrogens with zero attached hydrogens (tertiary/aromatic N) is 2. The van der Waals surface area contributed by atoms with Crippen LogP contribution in [0.15, 0.2) is 48.5 Å². The van der Waals surface area contributed by atoms with E-state index >= 15 is 0 Å². The third kappa shape index (κ3) is 4.30. The van der Waals surface area contributed by atoms with E-state index in [4.69, 9.17) is 0 Å². The second kappa shape index (κ2) is 8.65. The summed E-state index contributed by atoms with van der Waals surface area (Å²) in [5, 5.41) is 3.06. The van der Waals surface area contributed by atoms with Crippen LogP contribution in [0.25, 0.3) is 0 Å². The Labute approximate surface area is 167 Å². The first-order chi connectivity index (χ1) is 13.7. The maximum atomic E-state index is 12.6. The van der Waals surface area contributed by atoms with E-state index < -0.39 is 0 Å². The zero-order valence-corrected chi connectivity index (χ0v) is 16.8. The summed E-state index contributed by atoms with van der Waals surface area (Å²) in [4.78, 5) is 18.9. The lowest BCUT2D eigenvalue weighted by atomic mass is 10.0. The molecule has 2 N–H and O–H groups in total. The van der Waals surface area contributed by atoms with Crippen LogP contribution < -0.4 is 20.0 Å². The summed E-state index contributed by atoms with van der Waals surface area (Å²) in [6, 6.07) is 16.7. The standard InChI is InChI=1S/C23H30N4O/c1-2-25-14-16-26(17-15-25)21-11-9-20(10-12-21)24-23(28)18-27-13-5-7-19-6-3-4-8-22(19)27/h3-4,6,8-12H,2,5,7,13-18H2,1H3,(H,24,28)/p+1. The van der Waals surface area contributed by atoms with Crippen LogP contribution in [0, 0.1) is 0 Å². The lowest BCUT2D eigenvalue weighted by molar-refractivity contribution is -0.898. The van der Waals surface area contributed by atoms with E-state index in [1.165, 1.54) is 36.6 Å². The maximum absolute atomic E-state index is 12.6. The van der Waals surface area contributed by atoms with Gasteiger partial charge in [-0.2, -0.15) is 0 Å². The number of benzene rings is 2. The lowest BCUT2D eigenvalue weighted by Crippen LogP contribution is -3.14. The number of hydrogen-bond acceptors (Lipinski definition) is 3. The highest BCUT2D eigenvalue weighted by Crippen LogP contribution is 2.26. The molecule has 0 atom stereocenters. The van der Waals surface area contributed by atoms with E-state index in [1.54, 1.807) is 4.90 Å². The number of carbonyl (C=O) groups excluding carboxylic acids is 1. The molecule has 0 aromatic heterocycles. The summed E-state index contributed by atoms with van der Waals surface area (Å²) < 4.78 is 0. The SMILES string of the molecule is CC[NH+]1CCN(c2ccc(NC(=O)CN3CCCc4ccccc43)cc2)CC1. The number of anilines is 3. The number of likely N-dealkylation sites (N-methyl/N-ethyl adjacent to an activating group) is 1. The smallest absolute Gasteiger partial charge is 0.243 e. The molecule has 0 spiro atoms. The Kier molecular flexibility index (Phi) is 5.81. The number of piperazine rings is 1. The largest absolute Gasteiger partial charge is 0.362 e. The van der Waals surface area contributed by atoms with Gasteiger partial charge in [-0.05, 0) is 55.7 Å². The van der Waals surface area contributed by atoms with Crippen molar-refractivity contribution in [3.8, 4) is 0 Å². The molecular formula is C23H31N4O+. The normalized spacial score (nSPS) is 17.3. The molecule has 5 heteroatoms. The van der Waals surface area contributed by atoms with E-state index in [0.717, 1.165) is 38.2 Å². The summed E-state index contributed by atoms with van der Waals surface area (Å²) in [7, 11) is 0. The predicted octanol–water partition coefficient (Wildman–Crippen LogP) is 1.80. The third-order valence-corrected chi connectivity index (χ3v) is 6.03. The molecule has 2 aromatic carbocycles. The van der Waals surface area contributed by atoms with Crippen molar-refractivity contribution in [2.24, 2.45) is 0 Å². The molecule has 1 saturated heterocycles. The molecule has 1 amide bonds. The van der Waals surface area contributed by atoms with Crippen LogP contribution >= 0.6 is 0 Å². The topological polar surface area (TPSA) is 40.0 Å². The number of quaternary nitrogens is 1. The molecule has 0 unspecified atom stereocenters. The number of hydrogen-bond donors (Lipinski definition) is 2. The molecule has 0 aliphatic carbocycles. The van der Waals surface area contributed by atoms with Gasteiger partial charge in [-0.3, -0.25) is 4.79 Å². The van der Waals surface area contributed by atoms with Crippen LogP contribution in [0.3, 0.4) is 0 Å². The monoisotopic (exact) mass is 379 g/mol. The Morgan fingerprint density at radius 2 is 1.79 bits per heavy atom. The van der Waals surface area contributed by atoms with Crippen LogP contribution in [0.2, 0.25) is 0 Å². The Balaban J connectivity index is 1.33. The number of fused-ring (bicyclic) bond motifs is 1. The number of amides is 1. The fraction of sp³-hybridized carbons (Fsp3) is 0.435. The van der Waals surface area contributed by atoms with Gasteiger partial charge in [0.1, 0.15) is 0 Å². The van der Waals surface area contributed by atoms with Gasteiger partial charge in [0.15, 0.2) is 0 Å². The molecule has 2 aliphatic heterocycles. The van der Waals surface area contributed by atoms with E-state index in [2.05, 4.69) is 58.4 Å². The molecule has 0 saturated carbocycles. The molecule has 1 fully saturated rings. The highest BCUT2D eigenvalue weighted by Gasteiger charge is 2.20. The molecule has 2 aliphatic rings. The molecule has 148 valence electrons. The van der Waals surface area contributed by atoms with Crippen LogP contribution in [-0.2, 0) is 11.2 Å². The van der Waals surface area contributed by atoms with E-state index in [-0.39, 0.29) is 5.91 Å². The van der Waals surface area contributed by atoms with Crippen molar-refractivity contribution in [2.75, 3.05) is 60.9 Å². The molecule has 4 rings (SSSR count). The highest BCUT2D eigenvalue weighted by molar-refractivity contribution is 5.94. The van der Waals surface area contributed by atoms with E-state index in [0.29, 0.717) is 6.54 Å². The minimum Gasteiger partial charge on any atom is -0.362 e. The van der Waals surface area contributed by atoms with E-state index in [9.17, 15) is 4.79 Å². The van der Waals surface area contributed by atoms with Crippen LogP contribution in [0.4, 0.5) is 17.1 Å². The molecule has 0 bridgehead atoms. The third-order valence-electron chi connectivity index (χ3n) is 6.03. The molecule has 5 nitrogen and oxygen atoms in total. The van der Waals surface area contributed by atoms with Crippen LogP contribution in [0.5, 0.6) is 0 Å². The fourth-order valence-corrected chi connectivity index (χ4v) is 4.34. The van der Waals surface area contributed by atoms with Crippen molar-refractivity contribution in [2.45, 2.75) is 19.8 Å². The number of carbonyl (C=O) groups is 1. The minimum atomic E-state index is 0.0459. The summed E-state index contributed by atoms with van der Waals surface area (Å²) in [5.41, 5.74) is 4.67. The highest BCUT2D eigenvalue weighted by atomic mass is 16.2. The summed E-state index contributed by atoms with van der Waals surface area (Å²) in [6.45, 7) is 9.41. The fourth-order valence-electron chi connectivity index (χ4n) is 4.34. The van der Waals surface area contributed by atoms with Gasteiger partial charge in [0.05, 0.1) is 39.3 Å². The van der Waals surface area contributed by atoms with Gasteiger partial charge >= 0.3 is 0 Å². The number of para-hydroxylation sites is 1. The van der Waals surface area contributed by atoms with Gasteiger partial charge in [0.25, 0.3) is 0 Å². The second-order valence-corrected chi connectivity index (χ2v) is 7.84. The first kappa shape index (κ1) is 18.8. The van der Waals surface area contributed by atoms with Crippen LogP contribution in [0.1, 0.15) is 18.9 Å². The average Bonchev–Trinajstić information content (AvgIpc) is 2.75. The number of nitrogens with one attached hydrogen (secondary N) is 2. The zero-order valence-electron chi connectivity index (χ0n) is 16.8. The van der Waals surface area contributed by atoms with Gasteiger partial charge in [0.2, 0.25) is 5.91 Å². The molecule has 2 heterocycles. The number of rotatable bonds is 5. The van der Waals surface area contributed by atoms with Gasteiger partial charge in [-0.15, -0.1) is 0 Å². The Morgan fingerprint density at radius 3 is 2.54 bits per heavy atom. The van der Waals surface area contributed by atoms with Gasteiger partial charge in [0, 0.05) is 23.6 Å². The average molecular weight is 380 g/mol. The first-order valence-corrected chi connectivity index (χ1v) is 10.5. The van der Waals surface area contributed by atoms with Crippen molar-refractivity contribution in [1.82, 2.24) is 0 Å². The summed E-state index contributed by atoms with van der Waals surface area (Å²) in [5.74, 6) is 0.0459. The van der Waals surface area contributed by atoms with Crippen molar-refractivity contribution in [3.63, 3.8) is 0 Å². The van der Waals surface area contributed by atoms with Gasteiger partial charge in [-0.25, -0.2) is 0 Å². The quantitative estimate of drug-likeness (QED) is 0.832. The van der Waals surface area contributed by atoms with Crippen molar-refractivity contribution in [1.29, 1.82) is 0 Å². The Hall–Kier alpha value is -2.53. The van der Waals surface area contributed by atoms with Crippen molar-refractivity contribution < 1.29 is 9.69 Å². The zero-order chi connectivity index (χ0) is 19.3. The van der Waals surface area contributed by atoms with Gasteiger partial charge in [-0.1, -0.05) is 18.2 Å². The molecule has 2 aromatic rings. The minimum absolute atomic E-state index is 0.0459. The summed E-state index contributed by atoms with van der Waals surface area (Å²) in [6.07, 6.45) is 2.20. The molecule has 28 heavy (non-hydrogen) atoms. The van der Waals surface area contributed by atoms with Crippen molar-refractivity contribution in [3.05, 3.63) is 54.1 Å². The lowest BCUT2D eigenvalue weighted by Gasteiger charge is -2.33. The molecule has 0 radical (unpaired) electrons. The second-order valence-electron chi connectivity index (χ2n) is 7.84. The summed E-state index contributed by atoms with van der Waals surface area (Å²) >= 11 is 0. The number of aryl methyl sites for hydroxylation is 1. The first-order valence-electron chi connectivity index (χ1n) is 10.5. The predicted molar refractivity (Wildman–Crippen MR) is 115 cm³/mol. The maximum Gasteiger partial charge on any atom is 0.243 e. The Morgan fingerprint density at radius 1 is 1.04 bits per heavy atom. The van der Waals surface area contributed by atoms with E-state index in [1.807, 2.05) is 12.1 Å².